The first-order valence-corrected chi connectivity index (χ1v) is 14.1. The number of thioether (sulfide) groups is 2. The van der Waals surface area contributed by atoms with E-state index in [0.29, 0.717) is 31.8 Å². The first kappa shape index (κ1) is 27.7. The number of aromatic nitrogens is 2. The molecule has 2 aliphatic heterocycles. The average Bonchev–Trinajstić information content (AvgIpc) is 3.43. The largest absolute Gasteiger partial charge is 0.594 e. The van der Waals surface area contributed by atoms with Gasteiger partial charge in [-0.25, -0.2) is 9.59 Å². The van der Waals surface area contributed by atoms with Gasteiger partial charge in [-0.3, -0.25) is 14.5 Å². The van der Waals surface area contributed by atoms with E-state index in [4.69, 9.17) is 4.74 Å². The molecule has 2 unspecified atom stereocenters. The lowest BCUT2D eigenvalue weighted by atomic mass is 10.0. The van der Waals surface area contributed by atoms with Crippen molar-refractivity contribution in [3.8, 4) is 0 Å². The molecule has 1 fully saturated rings. The fraction of sp³-hybridized carbons (Fsp3) is 0.364. The van der Waals surface area contributed by atoms with Gasteiger partial charge in [-0.15, -0.1) is 23.1 Å². The SMILES string of the molecule is COCNC(=O)NC(C(=O)N[C@H]1C(=O)N2C(C(=O)O)=C(CSc3ccc(C)[n+]([O-])n3)CSC12)c1cccs1. The molecule has 13 nitrogen and oxygen atoms in total. The highest BCUT2D eigenvalue weighted by molar-refractivity contribution is 8.01. The predicted octanol–water partition coefficient (Wildman–Crippen LogP) is 0.560. The molecular weight excluding hydrogens is 556 g/mol. The Morgan fingerprint density at radius 1 is 1.37 bits per heavy atom. The van der Waals surface area contributed by atoms with E-state index in [9.17, 15) is 29.5 Å². The summed E-state index contributed by atoms with van der Waals surface area (Å²) in [6, 6.07) is 4.05. The molecule has 1 saturated heterocycles. The molecule has 0 spiro atoms. The highest BCUT2D eigenvalue weighted by Crippen LogP contribution is 2.41. The molecule has 4 amide bonds. The number of thiophene rings is 1. The topological polar surface area (TPSA) is 177 Å². The number of aryl methyl sites for hydroxylation is 1. The van der Waals surface area contributed by atoms with Crippen molar-refractivity contribution in [2.24, 2.45) is 0 Å². The van der Waals surface area contributed by atoms with Crippen LogP contribution in [0, 0.1) is 12.1 Å². The summed E-state index contributed by atoms with van der Waals surface area (Å²) >= 11 is 3.78. The Morgan fingerprint density at radius 2 is 2.16 bits per heavy atom. The van der Waals surface area contributed by atoms with Crippen LogP contribution in [0.2, 0.25) is 0 Å². The molecule has 38 heavy (non-hydrogen) atoms. The monoisotopic (exact) mass is 580 g/mol. The van der Waals surface area contributed by atoms with Crippen LogP contribution in [-0.4, -0.2) is 75.7 Å². The Hall–Kier alpha value is -3.34. The lowest BCUT2D eigenvalue weighted by Crippen LogP contribution is -2.71. The molecule has 0 radical (unpaired) electrons. The molecule has 4 heterocycles. The Bertz CT molecular complexity index is 1270. The molecule has 0 bridgehead atoms. The van der Waals surface area contributed by atoms with Crippen molar-refractivity contribution in [3.63, 3.8) is 0 Å². The van der Waals surface area contributed by atoms with Crippen LogP contribution in [-0.2, 0) is 19.1 Å². The van der Waals surface area contributed by atoms with Crippen molar-refractivity contribution in [1.29, 1.82) is 0 Å². The third-order valence-corrected chi connectivity index (χ3v) is 8.93. The lowest BCUT2D eigenvalue weighted by Gasteiger charge is -2.49. The summed E-state index contributed by atoms with van der Waals surface area (Å²) in [6.45, 7) is 1.57. The van der Waals surface area contributed by atoms with E-state index in [1.165, 1.54) is 46.9 Å². The number of ether oxygens (including phenoxy) is 1. The summed E-state index contributed by atoms with van der Waals surface area (Å²) < 4.78 is 4.80. The van der Waals surface area contributed by atoms with Gasteiger partial charge in [0.05, 0.1) is 0 Å². The van der Waals surface area contributed by atoms with E-state index in [1.54, 1.807) is 36.6 Å². The van der Waals surface area contributed by atoms with Crippen molar-refractivity contribution in [2.45, 2.75) is 29.4 Å². The van der Waals surface area contributed by atoms with Crippen molar-refractivity contribution in [3.05, 3.63) is 56.7 Å². The average molecular weight is 581 g/mol. The number of aliphatic carboxylic acids is 1. The fourth-order valence-corrected chi connectivity index (χ4v) is 6.87. The number of methoxy groups -OCH3 is 1. The summed E-state index contributed by atoms with van der Waals surface area (Å²) in [5.74, 6) is -1.89. The molecule has 4 rings (SSSR count). The van der Waals surface area contributed by atoms with E-state index in [2.05, 4.69) is 21.0 Å². The minimum absolute atomic E-state index is 0.0544. The maximum absolute atomic E-state index is 13.1. The van der Waals surface area contributed by atoms with Gasteiger partial charge in [0, 0.05) is 41.6 Å². The van der Waals surface area contributed by atoms with Crippen LogP contribution in [0.4, 0.5) is 4.79 Å². The van der Waals surface area contributed by atoms with Gasteiger partial charge < -0.3 is 31.0 Å². The normalized spacial score (nSPS) is 19.3. The number of fused-ring (bicyclic) bond motifs is 1. The first-order valence-electron chi connectivity index (χ1n) is 11.2. The van der Waals surface area contributed by atoms with Gasteiger partial charge in [0.1, 0.15) is 29.9 Å². The fourth-order valence-electron chi connectivity index (χ4n) is 3.77. The second kappa shape index (κ2) is 12.0. The number of β-lactam (4-membered cyclic amide) rings is 1. The van der Waals surface area contributed by atoms with Gasteiger partial charge in [0.2, 0.25) is 11.6 Å². The minimum Gasteiger partial charge on any atom is -0.594 e. The molecule has 4 N–H and O–H groups in total. The van der Waals surface area contributed by atoms with Gasteiger partial charge in [-0.05, 0) is 23.1 Å². The molecule has 0 aromatic carbocycles. The van der Waals surface area contributed by atoms with Gasteiger partial charge in [-0.2, -0.15) is 0 Å². The number of nitrogens with zero attached hydrogens (tertiary/aromatic N) is 3. The number of amides is 4. The zero-order chi connectivity index (χ0) is 27.4. The van der Waals surface area contributed by atoms with Crippen LogP contribution in [0.1, 0.15) is 16.6 Å². The van der Waals surface area contributed by atoms with Gasteiger partial charge in [0.25, 0.3) is 5.91 Å². The number of carbonyl (C=O) groups is 4. The van der Waals surface area contributed by atoms with Crippen molar-refractivity contribution in [1.82, 2.24) is 25.9 Å². The van der Waals surface area contributed by atoms with E-state index >= 15 is 0 Å². The highest BCUT2D eigenvalue weighted by atomic mass is 32.2. The number of urea groups is 1. The van der Waals surface area contributed by atoms with Crippen molar-refractivity contribution >= 4 is 58.7 Å². The third kappa shape index (κ3) is 5.87. The van der Waals surface area contributed by atoms with E-state index in [-0.39, 0.29) is 18.2 Å². The van der Waals surface area contributed by atoms with Gasteiger partial charge >= 0.3 is 12.0 Å². The number of carbonyl (C=O) groups excluding carboxylic acids is 3. The maximum atomic E-state index is 13.1. The maximum Gasteiger partial charge on any atom is 0.352 e. The molecule has 202 valence electrons. The molecule has 3 atom stereocenters. The molecule has 16 heteroatoms. The van der Waals surface area contributed by atoms with Crippen molar-refractivity contribution < 1.29 is 33.9 Å². The lowest BCUT2D eigenvalue weighted by molar-refractivity contribution is -0.679. The van der Waals surface area contributed by atoms with Crippen LogP contribution in [0.15, 0.2) is 45.9 Å². The molecule has 0 saturated carbocycles. The second-order valence-corrected chi connectivity index (χ2v) is 11.2. The highest BCUT2D eigenvalue weighted by Gasteiger charge is 2.54. The third-order valence-electron chi connectivity index (χ3n) is 5.64. The summed E-state index contributed by atoms with van der Waals surface area (Å²) in [6.07, 6.45) is 0. The molecule has 2 aromatic rings. The molecular formula is C22H24N6O7S3. The smallest absolute Gasteiger partial charge is 0.352 e. The van der Waals surface area contributed by atoms with Gasteiger partial charge in [-0.1, -0.05) is 22.7 Å². The number of carboxylic acids is 1. The number of carboxylic acid groups (broad SMARTS) is 1. The Morgan fingerprint density at radius 3 is 2.82 bits per heavy atom. The van der Waals surface area contributed by atoms with Gasteiger partial charge in [0.15, 0.2) is 5.03 Å². The summed E-state index contributed by atoms with van der Waals surface area (Å²) in [4.78, 5) is 52.7. The number of hydrogen-bond acceptors (Lipinski definition) is 10. The second-order valence-electron chi connectivity index (χ2n) is 8.16. The number of hydrogen-bond donors (Lipinski definition) is 4. The van der Waals surface area contributed by atoms with Crippen molar-refractivity contribution in [2.75, 3.05) is 25.3 Å². The molecule has 2 aromatic heterocycles. The number of rotatable bonds is 10. The molecule has 2 aliphatic rings. The zero-order valence-electron chi connectivity index (χ0n) is 20.2. The van der Waals surface area contributed by atoms with E-state index < -0.39 is 41.3 Å². The standard InChI is InChI=1S/C22H24N6O7S3/c1-11-5-6-14(26-28(11)34)37-8-12-9-38-20-16(19(30)27(20)17(12)21(31)32)24-18(29)15(13-4-3-7-36-13)25-22(33)23-10-35-2/h3-7,15-16,20H,8-10H2,1-2H3,(H,24,29)(H,31,32)(H2,23,25,33)/t15?,16-,20?/m0/s1. The van der Waals surface area contributed by atoms with Crippen LogP contribution >= 0.6 is 34.9 Å². The first-order chi connectivity index (χ1) is 18.2. The molecule has 0 aliphatic carbocycles. The summed E-state index contributed by atoms with van der Waals surface area (Å²) in [7, 11) is 1.41. The summed E-state index contributed by atoms with van der Waals surface area (Å²) in [5.41, 5.74) is 0.808. The van der Waals surface area contributed by atoms with Crippen LogP contribution < -0.4 is 20.8 Å². The van der Waals surface area contributed by atoms with Crippen LogP contribution in [0.5, 0.6) is 0 Å². The van der Waals surface area contributed by atoms with E-state index in [0.717, 1.165) is 0 Å². The number of nitrogens with one attached hydrogen (secondary N) is 3. The quantitative estimate of drug-likeness (QED) is 0.102. The summed E-state index contributed by atoms with van der Waals surface area (Å²) in [5, 5.41) is 34.8. The van der Waals surface area contributed by atoms with E-state index in [1.807, 2.05) is 0 Å². The van der Waals surface area contributed by atoms with Crippen LogP contribution in [0.3, 0.4) is 0 Å². The van der Waals surface area contributed by atoms with Crippen LogP contribution in [0.25, 0.3) is 0 Å². The minimum atomic E-state index is -1.26. The Balaban J connectivity index is 1.45. The predicted molar refractivity (Wildman–Crippen MR) is 139 cm³/mol. The Labute approximate surface area is 229 Å². The Kier molecular flexibility index (Phi) is 8.76. The zero-order valence-corrected chi connectivity index (χ0v) is 22.7.